The number of rotatable bonds is 3. The zero-order valence-corrected chi connectivity index (χ0v) is 12.8. The minimum atomic E-state index is -4.55. The van der Waals surface area contributed by atoms with Crippen molar-refractivity contribution in [2.45, 2.75) is 6.18 Å². The van der Waals surface area contributed by atoms with E-state index in [1.54, 1.807) is 0 Å². The van der Waals surface area contributed by atoms with Crippen LogP contribution in [0.5, 0.6) is 0 Å². The molecule has 106 valence electrons. The molecule has 0 bridgehead atoms. The van der Waals surface area contributed by atoms with Crippen LogP contribution in [-0.2, 0) is 6.18 Å². The molecule has 1 heterocycles. The van der Waals surface area contributed by atoms with Crippen LogP contribution in [0.15, 0.2) is 33.3 Å². The van der Waals surface area contributed by atoms with Crippen LogP contribution in [0.2, 0.25) is 0 Å². The van der Waals surface area contributed by atoms with Crippen LogP contribution in [-0.4, -0.2) is 16.1 Å². The summed E-state index contributed by atoms with van der Waals surface area (Å²) in [4.78, 5) is 15.1. The van der Waals surface area contributed by atoms with Gasteiger partial charge in [0.25, 0.3) is 0 Å². The second kappa shape index (κ2) is 5.69. The maximum absolute atomic E-state index is 13.0. The van der Waals surface area contributed by atoms with Crippen molar-refractivity contribution in [3.63, 3.8) is 0 Å². The Balaban J connectivity index is 2.53. The van der Waals surface area contributed by atoms with Crippen molar-refractivity contribution in [1.29, 1.82) is 0 Å². The van der Waals surface area contributed by atoms with Gasteiger partial charge in [-0.25, -0.2) is 4.98 Å². The van der Waals surface area contributed by atoms with E-state index in [9.17, 15) is 18.0 Å². The van der Waals surface area contributed by atoms with Crippen molar-refractivity contribution < 1.29 is 22.4 Å². The molecule has 0 N–H and O–H groups in total. The third-order valence-electron chi connectivity index (χ3n) is 2.42. The molecule has 0 aliphatic heterocycles. The van der Waals surface area contributed by atoms with Crippen LogP contribution in [0.4, 0.5) is 13.2 Å². The molecule has 0 saturated carbocycles. The van der Waals surface area contributed by atoms with Gasteiger partial charge in [-0.2, -0.15) is 13.2 Å². The van der Waals surface area contributed by atoms with Crippen molar-refractivity contribution in [3.8, 4) is 11.5 Å². The number of carbonyl (C=O) groups excluding carboxylic acids is 1. The molecule has 0 amide bonds. The average Bonchev–Trinajstić information content (AvgIpc) is 2.86. The SMILES string of the molecule is O=C(CBr)c1cnc(-c2ccc(Br)cc2C(F)(F)F)o1. The molecule has 0 unspecified atom stereocenters. The maximum Gasteiger partial charge on any atom is 0.417 e. The van der Waals surface area contributed by atoms with Crippen LogP contribution in [0.1, 0.15) is 16.1 Å². The van der Waals surface area contributed by atoms with E-state index in [1.165, 1.54) is 12.1 Å². The Hall–Kier alpha value is -1.15. The predicted octanol–water partition coefficient (Wildman–Crippen LogP) is 4.70. The zero-order valence-electron chi connectivity index (χ0n) is 9.67. The minimum absolute atomic E-state index is 0.00803. The van der Waals surface area contributed by atoms with Gasteiger partial charge in [0.15, 0.2) is 5.76 Å². The number of aromatic nitrogens is 1. The summed E-state index contributed by atoms with van der Waals surface area (Å²) < 4.78 is 44.3. The highest BCUT2D eigenvalue weighted by atomic mass is 79.9. The van der Waals surface area contributed by atoms with Crippen molar-refractivity contribution in [2.24, 2.45) is 0 Å². The summed E-state index contributed by atoms with van der Waals surface area (Å²) in [6, 6.07) is 3.62. The van der Waals surface area contributed by atoms with Crippen molar-refractivity contribution in [3.05, 3.63) is 40.2 Å². The highest BCUT2D eigenvalue weighted by Crippen LogP contribution is 2.38. The number of oxazole rings is 1. The molecule has 0 aliphatic rings. The lowest BCUT2D eigenvalue weighted by Gasteiger charge is -2.10. The van der Waals surface area contributed by atoms with E-state index < -0.39 is 17.5 Å². The predicted molar refractivity (Wildman–Crippen MR) is 72.8 cm³/mol. The number of halogens is 5. The van der Waals surface area contributed by atoms with Gasteiger partial charge in [0.05, 0.1) is 17.1 Å². The first-order valence-corrected chi connectivity index (χ1v) is 7.16. The first-order chi connectivity index (χ1) is 9.32. The average molecular weight is 413 g/mol. The Morgan fingerprint density at radius 1 is 1.35 bits per heavy atom. The molecule has 0 aliphatic carbocycles. The number of nitrogens with zero attached hydrogens (tertiary/aromatic N) is 1. The number of carbonyl (C=O) groups is 1. The van der Waals surface area contributed by atoms with Gasteiger partial charge in [0, 0.05) is 10.0 Å². The van der Waals surface area contributed by atoms with Crippen LogP contribution in [0.25, 0.3) is 11.5 Å². The molecule has 2 rings (SSSR count). The van der Waals surface area contributed by atoms with Crippen LogP contribution in [0.3, 0.4) is 0 Å². The van der Waals surface area contributed by atoms with E-state index in [4.69, 9.17) is 4.42 Å². The number of Topliss-reactive ketones (excluding diaryl/α,β-unsaturated/α-hetero) is 1. The largest absolute Gasteiger partial charge is 0.433 e. The molecule has 0 atom stereocenters. The summed E-state index contributed by atoms with van der Waals surface area (Å²) in [5, 5.41) is 0.00803. The third-order valence-corrected chi connectivity index (χ3v) is 3.42. The first kappa shape index (κ1) is 15.2. The quantitative estimate of drug-likeness (QED) is 0.542. The molecule has 0 radical (unpaired) electrons. The molecular formula is C12H6Br2F3NO2. The topological polar surface area (TPSA) is 43.1 Å². The van der Waals surface area contributed by atoms with E-state index >= 15 is 0 Å². The van der Waals surface area contributed by atoms with E-state index in [1.807, 2.05) is 0 Å². The molecular weight excluding hydrogens is 407 g/mol. The fraction of sp³-hybridized carbons (Fsp3) is 0.167. The summed E-state index contributed by atoms with van der Waals surface area (Å²) >= 11 is 5.94. The Labute approximate surface area is 128 Å². The van der Waals surface area contributed by atoms with Gasteiger partial charge in [-0.1, -0.05) is 31.9 Å². The van der Waals surface area contributed by atoms with Gasteiger partial charge in [-0.15, -0.1) is 0 Å². The summed E-state index contributed by atoms with van der Waals surface area (Å²) in [6.45, 7) is 0. The molecule has 0 spiro atoms. The number of hydrogen-bond acceptors (Lipinski definition) is 3. The van der Waals surface area contributed by atoms with Crippen LogP contribution in [0, 0.1) is 0 Å². The van der Waals surface area contributed by atoms with Crippen molar-refractivity contribution in [2.75, 3.05) is 5.33 Å². The molecule has 1 aromatic carbocycles. The second-order valence-corrected chi connectivity index (χ2v) is 5.25. The minimum Gasteiger partial charge on any atom is -0.433 e. The van der Waals surface area contributed by atoms with Gasteiger partial charge < -0.3 is 4.42 Å². The van der Waals surface area contributed by atoms with E-state index in [0.717, 1.165) is 12.3 Å². The summed E-state index contributed by atoms with van der Waals surface area (Å²) in [6.07, 6.45) is -3.44. The Morgan fingerprint density at radius 2 is 2.05 bits per heavy atom. The number of hydrogen-bond donors (Lipinski definition) is 0. The van der Waals surface area contributed by atoms with E-state index in [2.05, 4.69) is 36.8 Å². The summed E-state index contributed by atoms with van der Waals surface area (Å²) in [5.41, 5.74) is -1.10. The molecule has 1 aromatic heterocycles. The standard InChI is InChI=1S/C12H6Br2F3NO2/c13-4-9(19)10-5-18-11(20-10)7-2-1-6(14)3-8(7)12(15,16)17/h1-3,5H,4H2. The van der Waals surface area contributed by atoms with Gasteiger partial charge in [-0.05, 0) is 18.2 Å². The molecule has 3 nitrogen and oxygen atoms in total. The van der Waals surface area contributed by atoms with Gasteiger partial charge in [-0.3, -0.25) is 4.79 Å². The normalized spacial score (nSPS) is 11.7. The van der Waals surface area contributed by atoms with Crippen molar-refractivity contribution >= 4 is 37.6 Å². The molecule has 20 heavy (non-hydrogen) atoms. The van der Waals surface area contributed by atoms with Gasteiger partial charge in [0.1, 0.15) is 0 Å². The number of alkyl halides is 4. The Bertz CT molecular complexity index is 652. The Morgan fingerprint density at radius 3 is 2.65 bits per heavy atom. The lowest BCUT2D eigenvalue weighted by atomic mass is 10.1. The lowest BCUT2D eigenvalue weighted by molar-refractivity contribution is -0.137. The number of ketones is 1. The summed E-state index contributed by atoms with van der Waals surface area (Å²) in [5.74, 6) is -0.725. The fourth-order valence-corrected chi connectivity index (χ4v) is 2.17. The second-order valence-electron chi connectivity index (χ2n) is 3.77. The molecule has 8 heteroatoms. The van der Waals surface area contributed by atoms with E-state index in [0.29, 0.717) is 0 Å². The number of benzene rings is 1. The van der Waals surface area contributed by atoms with Gasteiger partial charge >= 0.3 is 6.18 Å². The lowest BCUT2D eigenvalue weighted by Crippen LogP contribution is -2.07. The summed E-state index contributed by atoms with van der Waals surface area (Å²) in [7, 11) is 0. The van der Waals surface area contributed by atoms with Gasteiger partial charge in [0.2, 0.25) is 11.7 Å². The monoisotopic (exact) mass is 411 g/mol. The van der Waals surface area contributed by atoms with Crippen molar-refractivity contribution in [1.82, 2.24) is 4.98 Å². The molecule has 2 aromatic rings. The van der Waals surface area contributed by atoms with Crippen LogP contribution < -0.4 is 0 Å². The Kier molecular flexibility index (Phi) is 4.33. The fourth-order valence-electron chi connectivity index (χ4n) is 1.53. The zero-order chi connectivity index (χ0) is 14.9. The molecule has 0 saturated heterocycles. The van der Waals surface area contributed by atoms with E-state index in [-0.39, 0.29) is 27.0 Å². The third kappa shape index (κ3) is 3.12. The highest BCUT2D eigenvalue weighted by molar-refractivity contribution is 9.10. The first-order valence-electron chi connectivity index (χ1n) is 5.25. The maximum atomic E-state index is 13.0. The highest BCUT2D eigenvalue weighted by Gasteiger charge is 2.35. The van der Waals surface area contributed by atoms with Crippen LogP contribution >= 0.6 is 31.9 Å². The molecule has 0 fully saturated rings. The smallest absolute Gasteiger partial charge is 0.417 e.